The summed E-state index contributed by atoms with van der Waals surface area (Å²) < 4.78 is 4.85. The van der Waals surface area contributed by atoms with Crippen molar-refractivity contribution < 1.29 is 4.74 Å². The van der Waals surface area contributed by atoms with E-state index >= 15 is 0 Å². The molecule has 1 heterocycles. The van der Waals surface area contributed by atoms with Crippen LogP contribution in [0.25, 0.3) is 0 Å². The molecule has 0 bridgehead atoms. The van der Waals surface area contributed by atoms with Gasteiger partial charge in [0.25, 0.3) is 0 Å². The van der Waals surface area contributed by atoms with Crippen molar-refractivity contribution in [2.45, 2.75) is 21.9 Å². The minimum atomic E-state index is -0.559. The summed E-state index contributed by atoms with van der Waals surface area (Å²) >= 11 is 22.3. The molecule has 0 N–H and O–H groups in total. The third-order valence-corrected chi connectivity index (χ3v) is 3.20. The molecular formula is C4H4Cl4O. The second kappa shape index (κ2) is 3.02. The molecule has 9 heavy (non-hydrogen) atoms. The molecule has 0 aromatic heterocycles. The molecule has 4 atom stereocenters. The average molecular weight is 210 g/mol. The predicted molar refractivity (Wildman–Crippen MR) is 39.6 cm³/mol. The molecule has 1 rings (SSSR count). The standard InChI is InChI=1S/C4H4Cl4O/c5-1-2(6)4(8)9-3(1)7/h1-4H/t1-,2-,3+,4+/m0/s1. The molecular weight excluding hydrogens is 206 g/mol. The first kappa shape index (κ1) is 8.22. The lowest BCUT2D eigenvalue weighted by molar-refractivity contribution is 0.143. The van der Waals surface area contributed by atoms with Crippen LogP contribution in [-0.2, 0) is 4.74 Å². The second-order valence-electron chi connectivity index (χ2n) is 1.73. The van der Waals surface area contributed by atoms with Gasteiger partial charge in [-0.1, -0.05) is 23.2 Å². The van der Waals surface area contributed by atoms with Gasteiger partial charge in [-0.25, -0.2) is 0 Å². The zero-order valence-electron chi connectivity index (χ0n) is 4.23. The Kier molecular flexibility index (Phi) is 2.75. The fourth-order valence-corrected chi connectivity index (χ4v) is 1.68. The zero-order valence-corrected chi connectivity index (χ0v) is 7.25. The summed E-state index contributed by atoms with van der Waals surface area (Å²) in [4.78, 5) is 0. The van der Waals surface area contributed by atoms with E-state index in [1.165, 1.54) is 0 Å². The van der Waals surface area contributed by atoms with E-state index in [1.807, 2.05) is 0 Å². The summed E-state index contributed by atoms with van der Waals surface area (Å²) in [5, 5.41) is -0.785. The Labute approximate surface area is 73.2 Å². The number of halogens is 4. The minimum absolute atomic E-state index is 0.393. The maximum atomic E-state index is 5.63. The van der Waals surface area contributed by atoms with Crippen LogP contribution in [0, 0.1) is 0 Å². The van der Waals surface area contributed by atoms with Gasteiger partial charge in [0.1, 0.15) is 0 Å². The summed E-state index contributed by atoms with van der Waals surface area (Å²) in [7, 11) is 0. The number of ether oxygens (including phenoxy) is 1. The Balaban J connectivity index is 2.54. The summed E-state index contributed by atoms with van der Waals surface area (Å²) in [5.41, 5.74) is -1.12. The van der Waals surface area contributed by atoms with Crippen LogP contribution in [0.3, 0.4) is 0 Å². The SMILES string of the molecule is Cl[C@H]1[C@H](Cl)[C@H](Cl)O[C@H]1Cl. The van der Waals surface area contributed by atoms with Crippen molar-refractivity contribution in [3.8, 4) is 0 Å². The van der Waals surface area contributed by atoms with Crippen LogP contribution in [0.5, 0.6) is 0 Å². The van der Waals surface area contributed by atoms with Gasteiger partial charge in [-0.3, -0.25) is 0 Å². The molecule has 1 nitrogen and oxygen atoms in total. The van der Waals surface area contributed by atoms with Crippen LogP contribution in [-0.4, -0.2) is 21.9 Å². The highest BCUT2D eigenvalue weighted by Gasteiger charge is 2.40. The van der Waals surface area contributed by atoms with Gasteiger partial charge in [0.05, 0.1) is 10.8 Å². The fraction of sp³-hybridized carbons (Fsp3) is 1.00. The van der Waals surface area contributed by atoms with Gasteiger partial charge >= 0.3 is 0 Å². The third-order valence-electron chi connectivity index (χ3n) is 1.06. The van der Waals surface area contributed by atoms with Crippen molar-refractivity contribution in [1.82, 2.24) is 0 Å². The lowest BCUT2D eigenvalue weighted by atomic mass is 10.4. The van der Waals surface area contributed by atoms with Crippen molar-refractivity contribution in [3.63, 3.8) is 0 Å². The molecule has 1 fully saturated rings. The number of hydrogen-bond donors (Lipinski definition) is 0. The van der Waals surface area contributed by atoms with Crippen LogP contribution in [0.15, 0.2) is 0 Å². The van der Waals surface area contributed by atoms with Crippen molar-refractivity contribution in [2.75, 3.05) is 0 Å². The maximum absolute atomic E-state index is 5.63. The Morgan fingerprint density at radius 1 is 0.778 bits per heavy atom. The highest BCUT2D eigenvalue weighted by atomic mass is 35.5. The first-order valence-electron chi connectivity index (χ1n) is 2.34. The van der Waals surface area contributed by atoms with Crippen LogP contribution in [0.2, 0.25) is 0 Å². The Bertz CT molecular complexity index is 96.7. The first-order valence-corrected chi connectivity index (χ1v) is 4.09. The molecule has 5 heteroatoms. The van der Waals surface area contributed by atoms with Crippen molar-refractivity contribution in [2.24, 2.45) is 0 Å². The lowest BCUT2D eigenvalue weighted by Gasteiger charge is -2.03. The van der Waals surface area contributed by atoms with Gasteiger partial charge in [0.15, 0.2) is 11.1 Å². The average Bonchev–Trinajstić information content (AvgIpc) is 1.98. The number of rotatable bonds is 0. The van der Waals surface area contributed by atoms with Gasteiger partial charge in [-0.2, -0.15) is 0 Å². The predicted octanol–water partition coefficient (Wildman–Crippen LogP) is 2.36. The van der Waals surface area contributed by atoms with E-state index in [1.54, 1.807) is 0 Å². The van der Waals surface area contributed by atoms with E-state index in [-0.39, 0.29) is 0 Å². The van der Waals surface area contributed by atoms with Crippen LogP contribution in [0.1, 0.15) is 0 Å². The monoisotopic (exact) mass is 208 g/mol. The molecule has 0 unspecified atom stereocenters. The van der Waals surface area contributed by atoms with E-state index in [0.29, 0.717) is 0 Å². The fourth-order valence-electron chi connectivity index (χ4n) is 0.563. The smallest absolute Gasteiger partial charge is 0.151 e. The van der Waals surface area contributed by atoms with E-state index in [9.17, 15) is 0 Å². The maximum Gasteiger partial charge on any atom is 0.151 e. The van der Waals surface area contributed by atoms with Crippen molar-refractivity contribution in [3.05, 3.63) is 0 Å². The van der Waals surface area contributed by atoms with Gasteiger partial charge in [0.2, 0.25) is 0 Å². The number of alkyl halides is 4. The first-order chi connectivity index (χ1) is 4.13. The molecule has 0 spiro atoms. The largest absolute Gasteiger partial charge is 0.340 e. The summed E-state index contributed by atoms with van der Waals surface area (Å²) in [6.07, 6.45) is 0. The quantitative estimate of drug-likeness (QED) is 0.557. The van der Waals surface area contributed by atoms with Gasteiger partial charge < -0.3 is 4.74 Å². The molecule has 1 saturated heterocycles. The summed E-state index contributed by atoms with van der Waals surface area (Å²) in [6, 6.07) is 0. The lowest BCUT2D eigenvalue weighted by Crippen LogP contribution is -2.17. The summed E-state index contributed by atoms with van der Waals surface area (Å²) in [5.74, 6) is 0. The van der Waals surface area contributed by atoms with E-state index in [0.717, 1.165) is 0 Å². The Hall–Kier alpha value is 1.12. The third kappa shape index (κ3) is 1.58. The molecule has 1 aliphatic heterocycles. The molecule has 1 aliphatic rings. The highest BCUT2D eigenvalue weighted by Crippen LogP contribution is 2.33. The Morgan fingerprint density at radius 3 is 1.22 bits per heavy atom. The topological polar surface area (TPSA) is 9.23 Å². The van der Waals surface area contributed by atoms with E-state index in [4.69, 9.17) is 51.1 Å². The number of hydrogen-bond acceptors (Lipinski definition) is 1. The molecule has 0 radical (unpaired) electrons. The van der Waals surface area contributed by atoms with Gasteiger partial charge in [0, 0.05) is 0 Å². The molecule has 0 amide bonds. The molecule has 0 saturated carbocycles. The minimum Gasteiger partial charge on any atom is -0.340 e. The molecule has 0 aromatic carbocycles. The zero-order chi connectivity index (χ0) is 7.02. The molecule has 54 valence electrons. The highest BCUT2D eigenvalue weighted by molar-refractivity contribution is 6.38. The van der Waals surface area contributed by atoms with Gasteiger partial charge in [-0.05, 0) is 0 Å². The molecule has 0 aromatic rings. The van der Waals surface area contributed by atoms with Gasteiger partial charge in [-0.15, -0.1) is 23.2 Å². The van der Waals surface area contributed by atoms with Crippen LogP contribution < -0.4 is 0 Å². The van der Waals surface area contributed by atoms with E-state index < -0.39 is 21.9 Å². The van der Waals surface area contributed by atoms with E-state index in [2.05, 4.69) is 0 Å². The van der Waals surface area contributed by atoms with Crippen LogP contribution in [0.4, 0.5) is 0 Å². The van der Waals surface area contributed by atoms with Crippen molar-refractivity contribution >= 4 is 46.4 Å². The summed E-state index contributed by atoms with van der Waals surface area (Å²) in [6.45, 7) is 0. The Morgan fingerprint density at radius 2 is 1.11 bits per heavy atom. The molecule has 0 aliphatic carbocycles. The van der Waals surface area contributed by atoms with Crippen molar-refractivity contribution in [1.29, 1.82) is 0 Å². The normalized spacial score (nSPS) is 52.0. The second-order valence-corrected chi connectivity index (χ2v) is 3.60. The van der Waals surface area contributed by atoms with Crippen LogP contribution >= 0.6 is 46.4 Å².